The molecule has 144 valence electrons. The van der Waals surface area contributed by atoms with Crippen molar-refractivity contribution in [2.24, 2.45) is 5.92 Å². The Morgan fingerprint density at radius 2 is 1.96 bits per heavy atom. The summed E-state index contributed by atoms with van der Waals surface area (Å²) in [5, 5.41) is 0. The van der Waals surface area contributed by atoms with Crippen LogP contribution in [0.2, 0.25) is 0 Å². The molecule has 1 amide bonds. The molecule has 1 aromatic rings. The van der Waals surface area contributed by atoms with Gasteiger partial charge in [-0.05, 0) is 64.2 Å². The molecule has 1 saturated carbocycles. The fourth-order valence-corrected chi connectivity index (χ4v) is 3.88. The zero-order valence-electron chi connectivity index (χ0n) is 16.1. The van der Waals surface area contributed by atoms with Gasteiger partial charge >= 0.3 is 6.09 Å². The lowest BCUT2D eigenvalue weighted by Gasteiger charge is -2.24. The summed E-state index contributed by atoms with van der Waals surface area (Å²) in [6.07, 6.45) is 5.26. The Bertz CT molecular complexity index is 635. The molecule has 4 nitrogen and oxygen atoms in total. The van der Waals surface area contributed by atoms with E-state index in [1.54, 1.807) is 17.0 Å². The van der Waals surface area contributed by atoms with Gasteiger partial charge in [-0.1, -0.05) is 12.8 Å². The molecule has 1 aliphatic heterocycles. The molecule has 0 radical (unpaired) electrons. The molecule has 3 rings (SSSR count). The molecule has 5 heteroatoms. The van der Waals surface area contributed by atoms with E-state index in [2.05, 4.69) is 0 Å². The van der Waals surface area contributed by atoms with Crippen LogP contribution in [-0.2, 0) is 4.74 Å². The topological polar surface area (TPSA) is 38.8 Å². The summed E-state index contributed by atoms with van der Waals surface area (Å²) in [4.78, 5) is 13.9. The second-order valence-corrected chi connectivity index (χ2v) is 8.56. The highest BCUT2D eigenvalue weighted by Crippen LogP contribution is 2.39. The van der Waals surface area contributed by atoms with Crippen molar-refractivity contribution >= 4 is 6.09 Å². The second kappa shape index (κ2) is 7.85. The number of ether oxygens (including phenoxy) is 2. The Labute approximate surface area is 155 Å². The number of amides is 1. The molecular formula is C21H30FNO3. The van der Waals surface area contributed by atoms with Crippen LogP contribution in [0.1, 0.15) is 64.4 Å². The van der Waals surface area contributed by atoms with Crippen LogP contribution in [-0.4, -0.2) is 36.3 Å². The van der Waals surface area contributed by atoms with Crippen LogP contribution in [0.25, 0.3) is 0 Å². The van der Waals surface area contributed by atoms with Crippen LogP contribution in [0.3, 0.4) is 0 Å². The first-order valence-corrected chi connectivity index (χ1v) is 9.72. The van der Waals surface area contributed by atoms with Crippen molar-refractivity contribution < 1.29 is 18.7 Å². The molecule has 0 bridgehead atoms. The third kappa shape index (κ3) is 4.89. The predicted octanol–water partition coefficient (Wildman–Crippen LogP) is 5.12. The van der Waals surface area contributed by atoms with Crippen molar-refractivity contribution in [3.8, 4) is 5.75 Å². The number of carbonyl (C=O) groups excluding carboxylic acids is 1. The third-order valence-corrected chi connectivity index (χ3v) is 5.18. The van der Waals surface area contributed by atoms with Crippen LogP contribution in [0.5, 0.6) is 5.75 Å². The van der Waals surface area contributed by atoms with Crippen molar-refractivity contribution in [1.82, 2.24) is 4.90 Å². The summed E-state index contributed by atoms with van der Waals surface area (Å²) in [6, 6.07) is 4.85. The highest BCUT2D eigenvalue weighted by molar-refractivity contribution is 5.68. The molecule has 1 atom stereocenters. The van der Waals surface area contributed by atoms with Crippen molar-refractivity contribution in [1.29, 1.82) is 0 Å². The van der Waals surface area contributed by atoms with Crippen LogP contribution in [0.4, 0.5) is 9.18 Å². The minimum absolute atomic E-state index is 0.198. The molecule has 1 saturated heterocycles. The first kappa shape index (κ1) is 19.0. The monoisotopic (exact) mass is 363 g/mol. The number of likely N-dealkylation sites (tertiary alicyclic amines) is 1. The maximum Gasteiger partial charge on any atom is 0.410 e. The quantitative estimate of drug-likeness (QED) is 0.745. The Hall–Kier alpha value is -1.78. The second-order valence-electron chi connectivity index (χ2n) is 8.56. The summed E-state index contributed by atoms with van der Waals surface area (Å²) in [5.74, 6) is 1.29. The molecule has 26 heavy (non-hydrogen) atoms. The van der Waals surface area contributed by atoms with E-state index in [-0.39, 0.29) is 17.8 Å². The maximum atomic E-state index is 13.7. The first-order chi connectivity index (χ1) is 12.3. The largest absolute Gasteiger partial charge is 0.493 e. The molecule has 1 aliphatic carbocycles. The molecule has 1 aromatic carbocycles. The molecule has 2 fully saturated rings. The molecule has 0 N–H and O–H groups in total. The molecule has 0 aromatic heterocycles. The summed E-state index contributed by atoms with van der Waals surface area (Å²) in [6.45, 7) is 7.52. The normalized spacial score (nSPS) is 21.2. The summed E-state index contributed by atoms with van der Waals surface area (Å²) in [5.41, 5.74) is 0.528. The molecule has 0 spiro atoms. The Morgan fingerprint density at radius 1 is 1.23 bits per heavy atom. The third-order valence-electron chi connectivity index (χ3n) is 5.18. The van der Waals surface area contributed by atoms with Gasteiger partial charge in [0.2, 0.25) is 0 Å². The average Bonchev–Trinajstić information content (AvgIpc) is 3.24. The van der Waals surface area contributed by atoms with Gasteiger partial charge in [0, 0.05) is 24.6 Å². The lowest BCUT2D eigenvalue weighted by molar-refractivity contribution is 0.0284. The Morgan fingerprint density at radius 3 is 2.65 bits per heavy atom. The van der Waals surface area contributed by atoms with Gasteiger partial charge in [-0.2, -0.15) is 0 Å². The highest BCUT2D eigenvalue weighted by atomic mass is 19.1. The number of halogens is 1. The van der Waals surface area contributed by atoms with Gasteiger partial charge in [-0.15, -0.1) is 0 Å². The fourth-order valence-electron chi connectivity index (χ4n) is 3.88. The summed E-state index contributed by atoms with van der Waals surface area (Å²) >= 11 is 0. The van der Waals surface area contributed by atoms with Gasteiger partial charge in [0.15, 0.2) is 0 Å². The van der Waals surface area contributed by atoms with E-state index in [0.717, 1.165) is 30.6 Å². The van der Waals surface area contributed by atoms with Gasteiger partial charge in [-0.3, -0.25) is 0 Å². The van der Waals surface area contributed by atoms with E-state index >= 15 is 0 Å². The SMILES string of the molecule is CC(C)(C)OC(=O)N1CCC(COc2ccc(F)cc2C2CCCC2)C1. The smallest absolute Gasteiger partial charge is 0.410 e. The maximum absolute atomic E-state index is 13.7. The van der Waals surface area contributed by atoms with E-state index in [1.807, 2.05) is 20.8 Å². The minimum Gasteiger partial charge on any atom is -0.493 e. The van der Waals surface area contributed by atoms with Crippen molar-refractivity contribution in [3.63, 3.8) is 0 Å². The van der Waals surface area contributed by atoms with Crippen LogP contribution >= 0.6 is 0 Å². The number of hydrogen-bond acceptors (Lipinski definition) is 3. The molecule has 1 unspecified atom stereocenters. The lowest BCUT2D eigenvalue weighted by atomic mass is 9.96. The van der Waals surface area contributed by atoms with Gasteiger partial charge < -0.3 is 14.4 Å². The number of nitrogens with zero attached hydrogens (tertiary/aromatic N) is 1. The molecular weight excluding hydrogens is 333 g/mol. The van der Waals surface area contributed by atoms with Crippen LogP contribution < -0.4 is 4.74 Å². The van der Waals surface area contributed by atoms with Crippen molar-refractivity contribution in [3.05, 3.63) is 29.6 Å². The lowest BCUT2D eigenvalue weighted by Crippen LogP contribution is -2.35. The number of carbonyl (C=O) groups is 1. The zero-order valence-corrected chi connectivity index (χ0v) is 16.1. The van der Waals surface area contributed by atoms with E-state index in [1.165, 1.54) is 18.9 Å². The van der Waals surface area contributed by atoms with E-state index in [4.69, 9.17) is 9.47 Å². The number of rotatable bonds is 4. The molecule has 1 heterocycles. The Balaban J connectivity index is 1.56. The number of benzene rings is 1. The summed E-state index contributed by atoms with van der Waals surface area (Å²) < 4.78 is 25.2. The van der Waals surface area contributed by atoms with Crippen LogP contribution in [0.15, 0.2) is 18.2 Å². The van der Waals surface area contributed by atoms with Gasteiger partial charge in [-0.25, -0.2) is 9.18 Å². The minimum atomic E-state index is -0.476. The fraction of sp³-hybridized carbons (Fsp3) is 0.667. The van der Waals surface area contributed by atoms with E-state index in [9.17, 15) is 9.18 Å². The predicted molar refractivity (Wildman–Crippen MR) is 99.0 cm³/mol. The van der Waals surface area contributed by atoms with Gasteiger partial charge in [0.05, 0.1) is 6.61 Å². The average molecular weight is 363 g/mol. The number of hydrogen-bond donors (Lipinski definition) is 0. The van der Waals surface area contributed by atoms with Crippen molar-refractivity contribution in [2.75, 3.05) is 19.7 Å². The van der Waals surface area contributed by atoms with Crippen molar-refractivity contribution in [2.45, 2.75) is 64.4 Å². The molecule has 2 aliphatic rings. The van der Waals surface area contributed by atoms with E-state index < -0.39 is 5.60 Å². The highest BCUT2D eigenvalue weighted by Gasteiger charge is 2.30. The zero-order chi connectivity index (χ0) is 18.7. The van der Waals surface area contributed by atoms with E-state index in [0.29, 0.717) is 25.6 Å². The van der Waals surface area contributed by atoms with Gasteiger partial charge in [0.1, 0.15) is 17.2 Å². The standard InChI is InChI=1S/C21H30FNO3/c1-21(2,3)26-20(24)23-11-10-15(13-23)14-25-19-9-8-17(22)12-18(19)16-6-4-5-7-16/h8-9,12,15-16H,4-7,10-11,13-14H2,1-3H3. The van der Waals surface area contributed by atoms with Gasteiger partial charge in [0.25, 0.3) is 0 Å². The first-order valence-electron chi connectivity index (χ1n) is 9.72. The Kier molecular flexibility index (Phi) is 5.73. The summed E-state index contributed by atoms with van der Waals surface area (Å²) in [7, 11) is 0. The van der Waals surface area contributed by atoms with Crippen LogP contribution in [0, 0.1) is 11.7 Å².